The average Bonchev–Trinajstić information content (AvgIpc) is 2.06. The summed E-state index contributed by atoms with van der Waals surface area (Å²) in [4.78, 5) is 10.9. The van der Waals surface area contributed by atoms with E-state index in [0.717, 1.165) is 6.42 Å². The molecule has 0 spiro atoms. The van der Waals surface area contributed by atoms with Crippen molar-refractivity contribution in [3.05, 3.63) is 12.7 Å². The number of nitrogens with one attached hydrogen (secondary N) is 1. The standard InChI is InChI=1S/C8H12N2OS/c1-2-3-5-10-8(11)7-12-6-4-9/h2H,1,3,5-7H2,(H,10,11). The second-order valence-corrected chi connectivity index (χ2v) is 3.06. The van der Waals surface area contributed by atoms with Crippen LogP contribution in [-0.4, -0.2) is 24.0 Å². The van der Waals surface area contributed by atoms with Gasteiger partial charge in [-0.3, -0.25) is 4.79 Å². The molecule has 1 amide bonds. The lowest BCUT2D eigenvalue weighted by atomic mass is 10.4. The van der Waals surface area contributed by atoms with Crippen molar-refractivity contribution < 1.29 is 4.79 Å². The zero-order valence-electron chi connectivity index (χ0n) is 6.88. The summed E-state index contributed by atoms with van der Waals surface area (Å²) in [6.45, 7) is 4.17. The fourth-order valence-corrected chi connectivity index (χ4v) is 1.03. The Bertz CT molecular complexity index is 186. The second kappa shape index (κ2) is 8.15. The minimum absolute atomic E-state index is 0.0166. The van der Waals surface area contributed by atoms with E-state index in [9.17, 15) is 4.79 Å². The van der Waals surface area contributed by atoms with E-state index in [1.807, 2.05) is 6.07 Å². The van der Waals surface area contributed by atoms with Crippen LogP contribution in [0.1, 0.15) is 6.42 Å². The highest BCUT2D eigenvalue weighted by Gasteiger charge is 1.98. The molecule has 0 aromatic heterocycles. The minimum Gasteiger partial charge on any atom is -0.355 e. The van der Waals surface area contributed by atoms with Crippen LogP contribution in [0, 0.1) is 11.3 Å². The predicted molar refractivity (Wildman–Crippen MR) is 50.8 cm³/mol. The van der Waals surface area contributed by atoms with Crippen molar-refractivity contribution in [2.45, 2.75) is 6.42 Å². The summed E-state index contributed by atoms with van der Waals surface area (Å²) in [7, 11) is 0. The molecule has 0 fully saturated rings. The Morgan fingerprint density at radius 2 is 2.50 bits per heavy atom. The van der Waals surface area contributed by atoms with E-state index in [1.54, 1.807) is 6.08 Å². The maximum Gasteiger partial charge on any atom is 0.230 e. The van der Waals surface area contributed by atoms with Crippen LogP contribution in [0.2, 0.25) is 0 Å². The molecule has 0 aliphatic rings. The molecule has 4 heteroatoms. The molecular formula is C8H12N2OS. The van der Waals surface area contributed by atoms with Crippen molar-refractivity contribution >= 4 is 17.7 Å². The normalized spacial score (nSPS) is 8.58. The van der Waals surface area contributed by atoms with Gasteiger partial charge in [0, 0.05) is 6.54 Å². The minimum atomic E-state index is -0.0166. The molecule has 0 aromatic rings. The molecule has 0 aliphatic carbocycles. The van der Waals surface area contributed by atoms with Crippen molar-refractivity contribution in [2.75, 3.05) is 18.1 Å². The highest BCUT2D eigenvalue weighted by Crippen LogP contribution is 1.96. The van der Waals surface area contributed by atoms with Crippen LogP contribution in [0.15, 0.2) is 12.7 Å². The lowest BCUT2D eigenvalue weighted by Crippen LogP contribution is -2.25. The first-order chi connectivity index (χ1) is 5.81. The number of nitrogens with zero attached hydrogens (tertiary/aromatic N) is 1. The van der Waals surface area contributed by atoms with Crippen LogP contribution in [0.4, 0.5) is 0 Å². The van der Waals surface area contributed by atoms with Gasteiger partial charge in [0.1, 0.15) is 0 Å². The van der Waals surface area contributed by atoms with E-state index in [1.165, 1.54) is 11.8 Å². The smallest absolute Gasteiger partial charge is 0.230 e. The zero-order chi connectivity index (χ0) is 9.23. The lowest BCUT2D eigenvalue weighted by molar-refractivity contribution is -0.118. The van der Waals surface area contributed by atoms with Crippen molar-refractivity contribution in [1.82, 2.24) is 5.32 Å². The summed E-state index contributed by atoms with van der Waals surface area (Å²) in [5.41, 5.74) is 0. The SMILES string of the molecule is C=CCCNC(=O)CSCC#N. The van der Waals surface area contributed by atoms with Crippen LogP contribution in [0.3, 0.4) is 0 Å². The third-order valence-electron chi connectivity index (χ3n) is 1.07. The number of carbonyl (C=O) groups excluding carboxylic acids is 1. The van der Waals surface area contributed by atoms with Gasteiger partial charge >= 0.3 is 0 Å². The average molecular weight is 184 g/mol. The van der Waals surface area contributed by atoms with Gasteiger partial charge < -0.3 is 5.32 Å². The van der Waals surface area contributed by atoms with E-state index < -0.39 is 0 Å². The molecule has 0 saturated heterocycles. The van der Waals surface area contributed by atoms with Crippen molar-refractivity contribution in [2.24, 2.45) is 0 Å². The van der Waals surface area contributed by atoms with Gasteiger partial charge in [-0.2, -0.15) is 5.26 Å². The van der Waals surface area contributed by atoms with Gasteiger partial charge in [-0.25, -0.2) is 0 Å². The molecule has 66 valence electrons. The van der Waals surface area contributed by atoms with Gasteiger partial charge in [0.25, 0.3) is 0 Å². The summed E-state index contributed by atoms with van der Waals surface area (Å²) in [5, 5.41) is 10.9. The van der Waals surface area contributed by atoms with E-state index in [2.05, 4.69) is 11.9 Å². The van der Waals surface area contributed by atoms with Crippen LogP contribution >= 0.6 is 11.8 Å². The maximum absolute atomic E-state index is 10.9. The van der Waals surface area contributed by atoms with Gasteiger partial charge in [-0.15, -0.1) is 18.3 Å². The molecule has 0 radical (unpaired) electrons. The molecular weight excluding hydrogens is 172 g/mol. The highest BCUT2D eigenvalue weighted by molar-refractivity contribution is 8.00. The van der Waals surface area contributed by atoms with E-state index in [-0.39, 0.29) is 5.91 Å². The third-order valence-corrected chi connectivity index (χ3v) is 1.87. The molecule has 0 atom stereocenters. The number of hydrogen-bond donors (Lipinski definition) is 1. The quantitative estimate of drug-likeness (QED) is 0.493. The maximum atomic E-state index is 10.9. The van der Waals surface area contributed by atoms with Gasteiger partial charge in [0.05, 0.1) is 17.6 Å². The monoisotopic (exact) mass is 184 g/mol. The Kier molecular flexibility index (Phi) is 7.50. The van der Waals surface area contributed by atoms with E-state index >= 15 is 0 Å². The Balaban J connectivity index is 3.22. The number of rotatable bonds is 6. The van der Waals surface area contributed by atoms with E-state index in [0.29, 0.717) is 18.1 Å². The first-order valence-corrected chi connectivity index (χ1v) is 4.79. The molecule has 0 aromatic carbocycles. The molecule has 0 aliphatic heterocycles. The number of nitriles is 1. The Labute approximate surface area is 76.8 Å². The molecule has 1 N–H and O–H groups in total. The Hall–Kier alpha value is -0.950. The van der Waals surface area contributed by atoms with Crippen molar-refractivity contribution in [3.63, 3.8) is 0 Å². The van der Waals surface area contributed by atoms with Crippen molar-refractivity contribution in [1.29, 1.82) is 5.26 Å². The molecule has 0 heterocycles. The molecule has 12 heavy (non-hydrogen) atoms. The van der Waals surface area contributed by atoms with Crippen LogP contribution in [0.5, 0.6) is 0 Å². The fraction of sp³-hybridized carbons (Fsp3) is 0.500. The fourth-order valence-electron chi connectivity index (χ4n) is 0.554. The summed E-state index contributed by atoms with van der Waals surface area (Å²) in [5.74, 6) is 0.719. The number of carbonyl (C=O) groups is 1. The molecule has 0 rings (SSSR count). The number of amides is 1. The summed E-state index contributed by atoms with van der Waals surface area (Å²) in [6, 6.07) is 1.96. The zero-order valence-corrected chi connectivity index (χ0v) is 7.69. The second-order valence-electron chi connectivity index (χ2n) is 2.08. The Morgan fingerprint density at radius 3 is 3.08 bits per heavy atom. The van der Waals surface area contributed by atoms with Gasteiger partial charge in [-0.05, 0) is 6.42 Å². The Morgan fingerprint density at radius 1 is 1.75 bits per heavy atom. The van der Waals surface area contributed by atoms with Crippen LogP contribution in [0.25, 0.3) is 0 Å². The number of hydrogen-bond acceptors (Lipinski definition) is 3. The topological polar surface area (TPSA) is 52.9 Å². The first kappa shape index (κ1) is 11.1. The molecule has 0 unspecified atom stereocenters. The van der Waals surface area contributed by atoms with Gasteiger partial charge in [-0.1, -0.05) is 6.08 Å². The van der Waals surface area contributed by atoms with Gasteiger partial charge in [0.15, 0.2) is 0 Å². The summed E-state index contributed by atoms with van der Waals surface area (Å²) in [6.07, 6.45) is 2.54. The molecule has 0 bridgehead atoms. The third kappa shape index (κ3) is 7.16. The van der Waals surface area contributed by atoms with E-state index in [4.69, 9.17) is 5.26 Å². The highest BCUT2D eigenvalue weighted by atomic mass is 32.2. The molecule has 3 nitrogen and oxygen atoms in total. The number of thioether (sulfide) groups is 1. The predicted octanol–water partition coefficient (Wildman–Crippen LogP) is 0.935. The van der Waals surface area contributed by atoms with Crippen molar-refractivity contribution in [3.8, 4) is 6.07 Å². The van der Waals surface area contributed by atoms with Crippen LogP contribution in [-0.2, 0) is 4.79 Å². The summed E-state index contributed by atoms with van der Waals surface area (Å²) >= 11 is 1.32. The van der Waals surface area contributed by atoms with Crippen LogP contribution < -0.4 is 5.32 Å². The van der Waals surface area contributed by atoms with Gasteiger partial charge in [0.2, 0.25) is 5.91 Å². The summed E-state index contributed by atoms with van der Waals surface area (Å²) < 4.78 is 0. The lowest BCUT2D eigenvalue weighted by Gasteiger charge is -2.00. The molecule has 0 saturated carbocycles. The largest absolute Gasteiger partial charge is 0.355 e. The first-order valence-electron chi connectivity index (χ1n) is 3.63.